The first-order chi connectivity index (χ1) is 11.4. The smallest absolute Gasteiger partial charge is 0.254 e. The maximum Gasteiger partial charge on any atom is 0.254 e. The second kappa shape index (κ2) is 8.18. The average molecular weight is 331 g/mol. The second-order valence-electron chi connectivity index (χ2n) is 6.73. The predicted octanol–water partition coefficient (Wildman–Crippen LogP) is 2.63. The van der Waals surface area contributed by atoms with Crippen LogP contribution in [-0.4, -0.2) is 37.0 Å². The molecular weight excluding hydrogens is 302 g/mol. The predicted molar refractivity (Wildman–Crippen MR) is 97.4 cm³/mol. The number of carbonyl (C=O) groups is 2. The highest BCUT2D eigenvalue weighted by Crippen LogP contribution is 2.25. The highest BCUT2D eigenvalue weighted by molar-refractivity contribution is 6.02. The summed E-state index contributed by atoms with van der Waals surface area (Å²) < 4.78 is 0. The summed E-state index contributed by atoms with van der Waals surface area (Å²) in [4.78, 5) is 27.1. The lowest BCUT2D eigenvalue weighted by Crippen LogP contribution is -2.47. The number of amides is 2. The summed E-state index contributed by atoms with van der Waals surface area (Å²) in [6, 6.07) is 5.50. The SMILES string of the molecule is CCC(C)NC(=O)C(C)NC(=O)c1cc(C)ccc1N1CCCC1. The fourth-order valence-electron chi connectivity index (χ4n) is 2.88. The van der Waals surface area contributed by atoms with E-state index in [0.717, 1.165) is 43.6 Å². The summed E-state index contributed by atoms with van der Waals surface area (Å²) in [5.41, 5.74) is 2.66. The third-order valence-electron chi connectivity index (χ3n) is 4.59. The van der Waals surface area contributed by atoms with Gasteiger partial charge in [0.2, 0.25) is 5.91 Å². The Morgan fingerprint density at radius 2 is 1.83 bits per heavy atom. The van der Waals surface area contributed by atoms with E-state index in [-0.39, 0.29) is 17.9 Å². The number of anilines is 1. The van der Waals surface area contributed by atoms with E-state index in [1.807, 2.05) is 39.0 Å². The van der Waals surface area contributed by atoms with Gasteiger partial charge in [-0.2, -0.15) is 0 Å². The van der Waals surface area contributed by atoms with Gasteiger partial charge in [0, 0.05) is 24.8 Å². The molecule has 0 spiro atoms. The molecule has 0 aliphatic carbocycles. The van der Waals surface area contributed by atoms with E-state index in [2.05, 4.69) is 15.5 Å². The molecule has 1 aromatic rings. The lowest BCUT2D eigenvalue weighted by molar-refractivity contribution is -0.123. The molecule has 0 aromatic heterocycles. The molecule has 132 valence electrons. The molecule has 5 heteroatoms. The quantitative estimate of drug-likeness (QED) is 0.842. The minimum atomic E-state index is -0.557. The number of benzene rings is 1. The standard InChI is InChI=1S/C19H29N3O2/c1-5-14(3)20-18(23)15(4)21-19(24)16-12-13(2)8-9-17(16)22-10-6-7-11-22/h8-9,12,14-15H,5-7,10-11H2,1-4H3,(H,20,23)(H,21,24). The van der Waals surface area contributed by atoms with Gasteiger partial charge in [-0.05, 0) is 52.2 Å². The summed E-state index contributed by atoms with van der Waals surface area (Å²) in [6.07, 6.45) is 3.18. The molecule has 1 heterocycles. The highest BCUT2D eigenvalue weighted by Gasteiger charge is 2.22. The fraction of sp³-hybridized carbons (Fsp3) is 0.579. The van der Waals surface area contributed by atoms with Gasteiger partial charge in [0.25, 0.3) is 5.91 Å². The Hall–Kier alpha value is -2.04. The number of carbonyl (C=O) groups excluding carboxylic acids is 2. The molecule has 1 fully saturated rings. The van der Waals surface area contributed by atoms with Gasteiger partial charge in [-0.1, -0.05) is 18.6 Å². The summed E-state index contributed by atoms with van der Waals surface area (Å²) in [5, 5.41) is 5.74. The molecule has 24 heavy (non-hydrogen) atoms. The van der Waals surface area contributed by atoms with Gasteiger partial charge >= 0.3 is 0 Å². The fourth-order valence-corrected chi connectivity index (χ4v) is 2.88. The molecule has 1 aliphatic rings. The van der Waals surface area contributed by atoms with Crippen molar-refractivity contribution in [3.8, 4) is 0 Å². The zero-order valence-electron chi connectivity index (χ0n) is 15.2. The Labute approximate surface area is 144 Å². The van der Waals surface area contributed by atoms with E-state index < -0.39 is 6.04 Å². The first kappa shape index (κ1) is 18.3. The molecule has 1 saturated heterocycles. The van der Waals surface area contributed by atoms with Crippen LogP contribution in [0, 0.1) is 6.92 Å². The van der Waals surface area contributed by atoms with Crippen molar-refractivity contribution in [3.63, 3.8) is 0 Å². The summed E-state index contributed by atoms with van der Waals surface area (Å²) in [7, 11) is 0. The van der Waals surface area contributed by atoms with Crippen LogP contribution in [0.15, 0.2) is 18.2 Å². The summed E-state index contributed by atoms with van der Waals surface area (Å²) >= 11 is 0. The van der Waals surface area contributed by atoms with Crippen molar-refractivity contribution >= 4 is 17.5 Å². The minimum absolute atomic E-state index is 0.107. The number of rotatable bonds is 6. The van der Waals surface area contributed by atoms with Crippen molar-refractivity contribution in [2.45, 2.75) is 59.0 Å². The Morgan fingerprint density at radius 1 is 1.17 bits per heavy atom. The van der Waals surface area contributed by atoms with Gasteiger partial charge in [0.1, 0.15) is 6.04 Å². The van der Waals surface area contributed by atoms with E-state index in [1.54, 1.807) is 6.92 Å². The van der Waals surface area contributed by atoms with Crippen LogP contribution in [0.25, 0.3) is 0 Å². The van der Waals surface area contributed by atoms with Gasteiger partial charge in [-0.3, -0.25) is 9.59 Å². The summed E-state index contributed by atoms with van der Waals surface area (Å²) in [6.45, 7) is 9.63. The van der Waals surface area contributed by atoms with Crippen molar-refractivity contribution in [1.29, 1.82) is 0 Å². The van der Waals surface area contributed by atoms with Crippen molar-refractivity contribution in [2.75, 3.05) is 18.0 Å². The molecule has 2 rings (SSSR count). The van der Waals surface area contributed by atoms with E-state index >= 15 is 0 Å². The Morgan fingerprint density at radius 3 is 2.46 bits per heavy atom. The van der Waals surface area contributed by atoms with E-state index in [0.29, 0.717) is 5.56 Å². The van der Waals surface area contributed by atoms with Gasteiger partial charge in [0.05, 0.1) is 5.56 Å². The van der Waals surface area contributed by atoms with E-state index in [4.69, 9.17) is 0 Å². The molecule has 1 aliphatic heterocycles. The topological polar surface area (TPSA) is 61.4 Å². The van der Waals surface area contributed by atoms with Crippen LogP contribution in [0.2, 0.25) is 0 Å². The summed E-state index contributed by atoms with van der Waals surface area (Å²) in [5.74, 6) is -0.333. The zero-order chi connectivity index (χ0) is 17.7. The molecule has 2 amide bonds. The third-order valence-corrected chi connectivity index (χ3v) is 4.59. The Bertz CT molecular complexity index is 594. The molecular formula is C19H29N3O2. The maximum absolute atomic E-state index is 12.7. The second-order valence-corrected chi connectivity index (χ2v) is 6.73. The first-order valence-electron chi connectivity index (χ1n) is 8.89. The van der Waals surface area contributed by atoms with Gasteiger partial charge in [0.15, 0.2) is 0 Å². The number of hydrogen-bond acceptors (Lipinski definition) is 3. The Kier molecular flexibility index (Phi) is 6.23. The molecule has 2 atom stereocenters. The zero-order valence-corrected chi connectivity index (χ0v) is 15.2. The van der Waals surface area contributed by atoms with Crippen LogP contribution in [0.4, 0.5) is 5.69 Å². The minimum Gasteiger partial charge on any atom is -0.371 e. The van der Waals surface area contributed by atoms with E-state index in [9.17, 15) is 9.59 Å². The molecule has 0 radical (unpaired) electrons. The number of aryl methyl sites for hydroxylation is 1. The Balaban J connectivity index is 2.11. The molecule has 0 saturated carbocycles. The van der Waals surface area contributed by atoms with Gasteiger partial charge in [-0.15, -0.1) is 0 Å². The molecule has 1 aromatic carbocycles. The number of hydrogen-bond donors (Lipinski definition) is 2. The van der Waals surface area contributed by atoms with Crippen LogP contribution in [0.1, 0.15) is 56.0 Å². The average Bonchev–Trinajstić information content (AvgIpc) is 3.08. The van der Waals surface area contributed by atoms with E-state index in [1.165, 1.54) is 0 Å². The molecule has 2 N–H and O–H groups in total. The monoisotopic (exact) mass is 331 g/mol. The van der Waals surface area contributed by atoms with Crippen LogP contribution in [0.3, 0.4) is 0 Å². The van der Waals surface area contributed by atoms with Crippen LogP contribution in [-0.2, 0) is 4.79 Å². The number of nitrogens with zero attached hydrogens (tertiary/aromatic N) is 1. The first-order valence-corrected chi connectivity index (χ1v) is 8.89. The van der Waals surface area contributed by atoms with Gasteiger partial charge in [-0.25, -0.2) is 0 Å². The molecule has 0 bridgehead atoms. The highest BCUT2D eigenvalue weighted by atomic mass is 16.2. The van der Waals surface area contributed by atoms with Crippen molar-refractivity contribution in [1.82, 2.24) is 10.6 Å². The normalized spacial score (nSPS) is 16.6. The largest absolute Gasteiger partial charge is 0.371 e. The van der Waals surface area contributed by atoms with Crippen LogP contribution in [0.5, 0.6) is 0 Å². The lowest BCUT2D eigenvalue weighted by Gasteiger charge is -2.23. The van der Waals surface area contributed by atoms with Crippen molar-refractivity contribution in [2.24, 2.45) is 0 Å². The van der Waals surface area contributed by atoms with Crippen LogP contribution < -0.4 is 15.5 Å². The van der Waals surface area contributed by atoms with Crippen molar-refractivity contribution in [3.05, 3.63) is 29.3 Å². The van der Waals surface area contributed by atoms with Gasteiger partial charge < -0.3 is 15.5 Å². The number of nitrogens with one attached hydrogen (secondary N) is 2. The van der Waals surface area contributed by atoms with Crippen molar-refractivity contribution < 1.29 is 9.59 Å². The lowest BCUT2D eigenvalue weighted by atomic mass is 10.1. The molecule has 5 nitrogen and oxygen atoms in total. The maximum atomic E-state index is 12.7. The molecule has 2 unspecified atom stereocenters. The third kappa shape index (κ3) is 4.49. The van der Waals surface area contributed by atoms with Crippen LogP contribution >= 0.6 is 0 Å².